The van der Waals surface area contributed by atoms with Gasteiger partial charge in [0.1, 0.15) is 5.82 Å². The molecule has 8 nitrogen and oxygen atoms in total. The number of aromatic nitrogens is 3. The van der Waals surface area contributed by atoms with Gasteiger partial charge in [-0.15, -0.1) is 10.2 Å². The molecule has 1 aromatic rings. The predicted molar refractivity (Wildman–Crippen MR) is 87.1 cm³/mol. The van der Waals surface area contributed by atoms with E-state index >= 15 is 0 Å². The molecule has 2 aliphatic heterocycles. The summed E-state index contributed by atoms with van der Waals surface area (Å²) in [6, 6.07) is 0. The first-order valence-electron chi connectivity index (χ1n) is 8.30. The molecular weight excluding hydrogens is 318 g/mol. The van der Waals surface area contributed by atoms with E-state index in [1.165, 1.54) is 0 Å². The number of anilines is 1. The first-order valence-corrected chi connectivity index (χ1v) is 9.91. The van der Waals surface area contributed by atoms with Crippen LogP contribution >= 0.6 is 0 Å². The Morgan fingerprint density at radius 3 is 2.48 bits per heavy atom. The number of nitrogens with zero attached hydrogens (tertiary/aromatic N) is 5. The molecule has 23 heavy (non-hydrogen) atoms. The van der Waals surface area contributed by atoms with Crippen LogP contribution in [0.1, 0.15) is 32.0 Å². The van der Waals surface area contributed by atoms with Crippen LogP contribution in [0.4, 0.5) is 5.95 Å². The van der Waals surface area contributed by atoms with Crippen molar-refractivity contribution in [2.45, 2.75) is 32.7 Å². The Bertz CT molecular complexity index is 631. The van der Waals surface area contributed by atoms with Gasteiger partial charge in [-0.3, -0.25) is 4.57 Å². The van der Waals surface area contributed by atoms with Crippen molar-refractivity contribution in [2.24, 2.45) is 0 Å². The second-order valence-corrected chi connectivity index (χ2v) is 8.21. The normalized spacial score (nSPS) is 23.6. The van der Waals surface area contributed by atoms with Gasteiger partial charge in [-0.25, -0.2) is 8.42 Å². The van der Waals surface area contributed by atoms with Crippen LogP contribution in [-0.4, -0.2) is 72.6 Å². The summed E-state index contributed by atoms with van der Waals surface area (Å²) in [4.78, 5) is 2.14. The molecule has 9 heteroatoms. The molecule has 0 amide bonds. The van der Waals surface area contributed by atoms with Crippen LogP contribution in [0, 0.1) is 0 Å². The Labute approximate surface area is 137 Å². The highest BCUT2D eigenvalue weighted by Crippen LogP contribution is 2.27. The lowest BCUT2D eigenvalue weighted by Crippen LogP contribution is -2.49. The van der Waals surface area contributed by atoms with E-state index < -0.39 is 10.0 Å². The number of hydrogen-bond donors (Lipinski definition) is 0. The molecule has 1 unspecified atom stereocenters. The molecule has 2 fully saturated rings. The molecule has 0 spiro atoms. The third-order valence-electron chi connectivity index (χ3n) is 4.65. The van der Waals surface area contributed by atoms with Crippen molar-refractivity contribution in [1.29, 1.82) is 0 Å². The number of rotatable bonds is 5. The first-order chi connectivity index (χ1) is 11.1. The van der Waals surface area contributed by atoms with Crippen molar-refractivity contribution < 1.29 is 13.2 Å². The van der Waals surface area contributed by atoms with Gasteiger partial charge in [-0.05, 0) is 20.3 Å². The SMILES string of the molecule is CCn1c(C2CCOC2)nnc1N1CCN(S(=O)(=O)CC)CC1. The maximum atomic E-state index is 12.0. The minimum Gasteiger partial charge on any atom is -0.381 e. The molecule has 3 heterocycles. The Balaban J connectivity index is 1.73. The maximum absolute atomic E-state index is 12.0. The average molecular weight is 343 g/mol. The summed E-state index contributed by atoms with van der Waals surface area (Å²) in [6.45, 7) is 8.39. The van der Waals surface area contributed by atoms with Crippen molar-refractivity contribution in [3.05, 3.63) is 5.82 Å². The molecule has 0 N–H and O–H groups in total. The molecule has 0 radical (unpaired) electrons. The minimum atomic E-state index is -3.10. The highest BCUT2D eigenvalue weighted by molar-refractivity contribution is 7.89. The highest BCUT2D eigenvalue weighted by atomic mass is 32.2. The fourth-order valence-corrected chi connectivity index (χ4v) is 4.32. The molecule has 1 atom stereocenters. The van der Waals surface area contributed by atoms with Gasteiger partial charge in [-0.1, -0.05) is 0 Å². The van der Waals surface area contributed by atoms with Crippen LogP contribution < -0.4 is 4.90 Å². The van der Waals surface area contributed by atoms with E-state index in [0.717, 1.165) is 31.3 Å². The Morgan fingerprint density at radius 1 is 1.17 bits per heavy atom. The average Bonchev–Trinajstić information content (AvgIpc) is 3.23. The van der Waals surface area contributed by atoms with Crippen molar-refractivity contribution in [2.75, 3.05) is 50.0 Å². The molecule has 2 aliphatic rings. The lowest BCUT2D eigenvalue weighted by molar-refractivity contribution is 0.192. The van der Waals surface area contributed by atoms with E-state index in [1.54, 1.807) is 11.2 Å². The second kappa shape index (κ2) is 6.74. The fourth-order valence-electron chi connectivity index (χ4n) is 3.23. The van der Waals surface area contributed by atoms with Crippen LogP contribution in [0.15, 0.2) is 0 Å². The van der Waals surface area contributed by atoms with Crippen LogP contribution in [-0.2, 0) is 21.3 Å². The zero-order chi connectivity index (χ0) is 16.4. The molecule has 0 saturated carbocycles. The largest absolute Gasteiger partial charge is 0.381 e. The summed E-state index contributed by atoms with van der Waals surface area (Å²) in [5, 5.41) is 8.77. The van der Waals surface area contributed by atoms with E-state index in [0.29, 0.717) is 38.7 Å². The summed E-state index contributed by atoms with van der Waals surface area (Å²) in [7, 11) is -3.10. The smallest absolute Gasteiger partial charge is 0.227 e. The standard InChI is InChI=1S/C14H25N5O3S/c1-3-19-13(12-5-10-22-11-12)15-16-14(19)17-6-8-18(9-7-17)23(20,21)4-2/h12H,3-11H2,1-2H3. The second-order valence-electron chi connectivity index (χ2n) is 5.95. The molecule has 1 aromatic heterocycles. The lowest BCUT2D eigenvalue weighted by Gasteiger charge is -2.34. The molecule has 0 bridgehead atoms. The van der Waals surface area contributed by atoms with E-state index in [9.17, 15) is 8.42 Å². The van der Waals surface area contributed by atoms with Gasteiger partial charge in [0.05, 0.1) is 12.4 Å². The van der Waals surface area contributed by atoms with Gasteiger partial charge >= 0.3 is 0 Å². The number of piperazine rings is 1. The van der Waals surface area contributed by atoms with E-state index in [1.807, 2.05) is 0 Å². The lowest BCUT2D eigenvalue weighted by atomic mass is 10.1. The van der Waals surface area contributed by atoms with Crippen molar-refractivity contribution >= 4 is 16.0 Å². The van der Waals surface area contributed by atoms with Crippen molar-refractivity contribution in [3.63, 3.8) is 0 Å². The third kappa shape index (κ3) is 3.22. The molecule has 130 valence electrons. The highest BCUT2D eigenvalue weighted by Gasteiger charge is 2.30. The fraction of sp³-hybridized carbons (Fsp3) is 0.857. The zero-order valence-corrected chi connectivity index (χ0v) is 14.6. The molecule has 2 saturated heterocycles. The quantitative estimate of drug-likeness (QED) is 0.764. The van der Waals surface area contributed by atoms with Crippen molar-refractivity contribution in [3.8, 4) is 0 Å². The van der Waals surface area contributed by atoms with Gasteiger partial charge in [0.15, 0.2) is 0 Å². The molecular formula is C14H25N5O3S. The number of sulfonamides is 1. The van der Waals surface area contributed by atoms with Crippen LogP contribution in [0.5, 0.6) is 0 Å². The van der Waals surface area contributed by atoms with Crippen LogP contribution in [0.3, 0.4) is 0 Å². The van der Waals surface area contributed by atoms with E-state index in [-0.39, 0.29) is 5.75 Å². The van der Waals surface area contributed by atoms with Gasteiger partial charge in [-0.2, -0.15) is 4.31 Å². The topological polar surface area (TPSA) is 80.6 Å². The third-order valence-corrected chi connectivity index (χ3v) is 6.53. The monoisotopic (exact) mass is 343 g/mol. The van der Waals surface area contributed by atoms with E-state index in [4.69, 9.17) is 4.74 Å². The Hall–Kier alpha value is -1.19. The summed E-state index contributed by atoms with van der Waals surface area (Å²) in [5.74, 6) is 2.31. The predicted octanol–water partition coefficient (Wildman–Crippen LogP) is 0.274. The van der Waals surface area contributed by atoms with Crippen LogP contribution in [0.25, 0.3) is 0 Å². The summed E-state index contributed by atoms with van der Waals surface area (Å²) >= 11 is 0. The van der Waals surface area contributed by atoms with Gasteiger partial charge in [0.25, 0.3) is 0 Å². The first kappa shape index (κ1) is 16.7. The Morgan fingerprint density at radius 2 is 1.91 bits per heavy atom. The van der Waals surface area contributed by atoms with Gasteiger partial charge in [0.2, 0.25) is 16.0 Å². The van der Waals surface area contributed by atoms with Crippen molar-refractivity contribution in [1.82, 2.24) is 19.1 Å². The molecule has 0 aliphatic carbocycles. The van der Waals surface area contributed by atoms with Gasteiger partial charge < -0.3 is 9.64 Å². The molecule has 0 aromatic carbocycles. The van der Waals surface area contributed by atoms with Crippen LogP contribution in [0.2, 0.25) is 0 Å². The summed E-state index contributed by atoms with van der Waals surface area (Å²) in [6.07, 6.45) is 0.987. The number of ether oxygens (including phenoxy) is 1. The molecule has 3 rings (SSSR count). The number of hydrogen-bond acceptors (Lipinski definition) is 6. The van der Waals surface area contributed by atoms with Gasteiger partial charge in [0, 0.05) is 45.2 Å². The Kier molecular flexibility index (Phi) is 4.88. The summed E-state index contributed by atoms with van der Waals surface area (Å²) in [5.41, 5.74) is 0. The van der Waals surface area contributed by atoms with E-state index in [2.05, 4.69) is 26.6 Å². The zero-order valence-electron chi connectivity index (χ0n) is 13.8. The minimum absolute atomic E-state index is 0.157. The summed E-state index contributed by atoms with van der Waals surface area (Å²) < 4.78 is 33.1. The maximum Gasteiger partial charge on any atom is 0.227 e.